The maximum atomic E-state index is 12.9. The fourth-order valence-electron chi connectivity index (χ4n) is 3.22. The minimum Gasteiger partial charge on any atom is -0.333 e. The van der Waals surface area contributed by atoms with Gasteiger partial charge in [-0.05, 0) is 25.0 Å². The SMILES string of the molecule is CC1CN(C(=O)CN2CCCCCC2=O)c2ccccc2NC1=O. The lowest BCUT2D eigenvalue weighted by Crippen LogP contribution is -2.44. The summed E-state index contributed by atoms with van der Waals surface area (Å²) < 4.78 is 0. The summed E-state index contributed by atoms with van der Waals surface area (Å²) in [7, 11) is 0. The molecule has 1 aromatic rings. The molecule has 2 aliphatic heterocycles. The van der Waals surface area contributed by atoms with Gasteiger partial charge in [-0.25, -0.2) is 0 Å². The smallest absolute Gasteiger partial charge is 0.246 e. The summed E-state index contributed by atoms with van der Waals surface area (Å²) in [6.45, 7) is 2.84. The lowest BCUT2D eigenvalue weighted by atomic mass is 10.1. The van der Waals surface area contributed by atoms with Crippen LogP contribution >= 0.6 is 0 Å². The first-order valence-electron chi connectivity index (χ1n) is 8.54. The van der Waals surface area contributed by atoms with Gasteiger partial charge in [-0.1, -0.05) is 25.5 Å². The number of nitrogens with zero attached hydrogens (tertiary/aromatic N) is 2. The zero-order valence-electron chi connectivity index (χ0n) is 14.0. The van der Waals surface area contributed by atoms with Crippen molar-refractivity contribution in [3.8, 4) is 0 Å². The summed E-state index contributed by atoms with van der Waals surface area (Å²) in [5.41, 5.74) is 1.34. The quantitative estimate of drug-likeness (QED) is 0.902. The van der Waals surface area contributed by atoms with E-state index in [0.29, 0.717) is 30.9 Å². The molecule has 3 amide bonds. The molecule has 0 radical (unpaired) electrons. The highest BCUT2D eigenvalue weighted by Crippen LogP contribution is 2.30. The molecule has 1 atom stereocenters. The maximum Gasteiger partial charge on any atom is 0.246 e. The van der Waals surface area contributed by atoms with Crippen LogP contribution in [0.5, 0.6) is 0 Å². The fourth-order valence-corrected chi connectivity index (χ4v) is 3.22. The number of carbonyl (C=O) groups excluding carboxylic acids is 3. The molecule has 1 saturated heterocycles. The lowest BCUT2D eigenvalue weighted by molar-refractivity contribution is -0.134. The molecule has 0 aromatic heterocycles. The Morgan fingerprint density at radius 3 is 2.83 bits per heavy atom. The van der Waals surface area contributed by atoms with Gasteiger partial charge < -0.3 is 15.1 Å². The van der Waals surface area contributed by atoms with E-state index in [2.05, 4.69) is 5.32 Å². The van der Waals surface area contributed by atoms with Gasteiger partial charge in [-0.2, -0.15) is 0 Å². The molecule has 1 N–H and O–H groups in total. The van der Waals surface area contributed by atoms with Crippen molar-refractivity contribution in [1.82, 2.24) is 4.90 Å². The lowest BCUT2D eigenvalue weighted by Gasteiger charge is -2.27. The Labute approximate surface area is 141 Å². The van der Waals surface area contributed by atoms with E-state index < -0.39 is 0 Å². The van der Waals surface area contributed by atoms with Gasteiger partial charge >= 0.3 is 0 Å². The third-order valence-electron chi connectivity index (χ3n) is 4.66. The van der Waals surface area contributed by atoms with Gasteiger partial charge in [-0.3, -0.25) is 14.4 Å². The molecule has 0 saturated carbocycles. The van der Waals surface area contributed by atoms with Gasteiger partial charge in [0.2, 0.25) is 17.7 Å². The van der Waals surface area contributed by atoms with Crippen LogP contribution in [0.15, 0.2) is 24.3 Å². The van der Waals surface area contributed by atoms with Crippen molar-refractivity contribution in [3.05, 3.63) is 24.3 Å². The van der Waals surface area contributed by atoms with Gasteiger partial charge in [0.15, 0.2) is 0 Å². The van der Waals surface area contributed by atoms with Crippen LogP contribution in [-0.2, 0) is 14.4 Å². The van der Waals surface area contributed by atoms with E-state index in [4.69, 9.17) is 0 Å². The summed E-state index contributed by atoms with van der Waals surface area (Å²) in [5, 5.41) is 2.87. The molecule has 128 valence electrons. The van der Waals surface area contributed by atoms with E-state index in [1.807, 2.05) is 18.2 Å². The topological polar surface area (TPSA) is 69.7 Å². The van der Waals surface area contributed by atoms with Crippen LogP contribution in [0.3, 0.4) is 0 Å². The highest BCUT2D eigenvalue weighted by atomic mass is 16.2. The Morgan fingerprint density at radius 1 is 1.21 bits per heavy atom. The van der Waals surface area contributed by atoms with Crippen molar-refractivity contribution >= 4 is 29.1 Å². The molecule has 0 aliphatic carbocycles. The highest BCUT2D eigenvalue weighted by Gasteiger charge is 2.30. The number of anilines is 2. The molecule has 2 aliphatic rings. The summed E-state index contributed by atoms with van der Waals surface area (Å²) >= 11 is 0. The fraction of sp³-hybridized carbons (Fsp3) is 0.500. The van der Waals surface area contributed by atoms with Gasteiger partial charge in [-0.15, -0.1) is 0 Å². The highest BCUT2D eigenvalue weighted by molar-refractivity contribution is 6.05. The van der Waals surface area contributed by atoms with Crippen molar-refractivity contribution in [3.63, 3.8) is 0 Å². The number of rotatable bonds is 2. The van der Waals surface area contributed by atoms with E-state index >= 15 is 0 Å². The first-order valence-corrected chi connectivity index (χ1v) is 8.54. The Hall–Kier alpha value is -2.37. The van der Waals surface area contributed by atoms with E-state index in [9.17, 15) is 14.4 Å². The third-order valence-corrected chi connectivity index (χ3v) is 4.66. The van der Waals surface area contributed by atoms with Gasteiger partial charge in [0.1, 0.15) is 6.54 Å². The molecule has 2 heterocycles. The molecule has 1 fully saturated rings. The van der Waals surface area contributed by atoms with Crippen LogP contribution < -0.4 is 10.2 Å². The average molecular weight is 329 g/mol. The van der Waals surface area contributed by atoms with Crippen molar-refractivity contribution in [1.29, 1.82) is 0 Å². The van der Waals surface area contributed by atoms with E-state index in [1.54, 1.807) is 22.8 Å². The molecule has 6 heteroatoms. The molecule has 6 nitrogen and oxygen atoms in total. The predicted molar refractivity (Wildman–Crippen MR) is 91.6 cm³/mol. The largest absolute Gasteiger partial charge is 0.333 e. The molecule has 0 bridgehead atoms. The number of hydrogen-bond acceptors (Lipinski definition) is 3. The number of hydrogen-bond donors (Lipinski definition) is 1. The van der Waals surface area contributed by atoms with Crippen LogP contribution in [0, 0.1) is 5.92 Å². The number of fused-ring (bicyclic) bond motifs is 1. The van der Waals surface area contributed by atoms with E-state index in [1.165, 1.54) is 0 Å². The van der Waals surface area contributed by atoms with Gasteiger partial charge in [0.25, 0.3) is 0 Å². The second kappa shape index (κ2) is 7.03. The summed E-state index contributed by atoms with van der Waals surface area (Å²) in [4.78, 5) is 40.4. The number of likely N-dealkylation sites (tertiary alicyclic amines) is 1. The zero-order chi connectivity index (χ0) is 17.1. The Bertz CT molecular complexity index is 659. The van der Waals surface area contributed by atoms with E-state index in [-0.39, 0.29) is 30.2 Å². The molecular formula is C18H23N3O3. The minimum absolute atomic E-state index is 0.0474. The second-order valence-electron chi connectivity index (χ2n) is 6.54. The number of carbonyl (C=O) groups is 3. The van der Waals surface area contributed by atoms with Gasteiger partial charge in [0, 0.05) is 19.5 Å². The summed E-state index contributed by atoms with van der Waals surface area (Å²) in [5.74, 6) is -0.489. The molecule has 1 unspecified atom stereocenters. The number of nitrogens with one attached hydrogen (secondary N) is 1. The Kier molecular flexibility index (Phi) is 4.83. The summed E-state index contributed by atoms with van der Waals surface area (Å²) in [6.07, 6.45) is 3.37. The van der Waals surface area contributed by atoms with Crippen molar-refractivity contribution in [2.75, 3.05) is 29.9 Å². The van der Waals surface area contributed by atoms with Crippen LogP contribution in [0.1, 0.15) is 32.6 Å². The molecule has 24 heavy (non-hydrogen) atoms. The van der Waals surface area contributed by atoms with Crippen LogP contribution in [0.25, 0.3) is 0 Å². The predicted octanol–water partition coefficient (Wildman–Crippen LogP) is 2.01. The number of benzene rings is 1. The van der Waals surface area contributed by atoms with Crippen molar-refractivity contribution < 1.29 is 14.4 Å². The van der Waals surface area contributed by atoms with Gasteiger partial charge in [0.05, 0.1) is 17.3 Å². The van der Waals surface area contributed by atoms with E-state index in [0.717, 1.165) is 19.3 Å². The first kappa shape index (κ1) is 16.5. The van der Waals surface area contributed by atoms with Crippen LogP contribution in [0.2, 0.25) is 0 Å². The van der Waals surface area contributed by atoms with Crippen LogP contribution in [-0.4, -0.2) is 42.3 Å². The number of para-hydroxylation sites is 2. The van der Waals surface area contributed by atoms with Crippen molar-refractivity contribution in [2.24, 2.45) is 5.92 Å². The van der Waals surface area contributed by atoms with Crippen LogP contribution in [0.4, 0.5) is 11.4 Å². The Balaban J connectivity index is 1.82. The third kappa shape index (κ3) is 3.42. The number of amides is 3. The minimum atomic E-state index is -0.304. The maximum absolute atomic E-state index is 12.9. The molecule has 3 rings (SSSR count). The first-order chi connectivity index (χ1) is 11.6. The standard InChI is InChI=1S/C18H23N3O3/c1-13-11-21(15-8-5-4-7-14(15)19-18(13)24)17(23)12-20-10-6-2-3-9-16(20)22/h4-5,7-8,13H,2-3,6,9-12H2,1H3,(H,19,24). The zero-order valence-corrected chi connectivity index (χ0v) is 14.0. The monoisotopic (exact) mass is 329 g/mol. The van der Waals surface area contributed by atoms with Crippen molar-refractivity contribution in [2.45, 2.75) is 32.6 Å². The molecular weight excluding hydrogens is 306 g/mol. The summed E-state index contributed by atoms with van der Waals surface area (Å²) in [6, 6.07) is 7.30. The normalized spacial score (nSPS) is 21.6. The molecule has 0 spiro atoms. The second-order valence-corrected chi connectivity index (χ2v) is 6.54. The Morgan fingerprint density at radius 2 is 2.00 bits per heavy atom. The average Bonchev–Trinajstić information content (AvgIpc) is 2.84. The molecule has 1 aromatic carbocycles.